The van der Waals surface area contributed by atoms with Crippen LogP contribution in [-0.4, -0.2) is 43.9 Å². The zero-order chi connectivity index (χ0) is 17.9. The van der Waals surface area contributed by atoms with Gasteiger partial charge in [-0.25, -0.2) is 17.9 Å². The maximum Gasteiger partial charge on any atom is 0.325 e. The fourth-order valence-electron chi connectivity index (χ4n) is 3.51. The number of imide groups is 1. The number of hydrogen-bond acceptors (Lipinski definition) is 4. The lowest BCUT2D eigenvalue weighted by atomic mass is 9.98. The standard InChI is InChI=1S/C17H23N3O4S/c21-15-17(9-4-5-10-17)19-16(22)20(15)12-6-11-18-25(23,24)13-14-7-2-1-3-8-14/h1-3,7-8,18H,4-6,9-13H2,(H,19,22). The Morgan fingerprint density at radius 3 is 2.48 bits per heavy atom. The van der Waals surface area contributed by atoms with Gasteiger partial charge in [-0.2, -0.15) is 0 Å². The number of carbonyl (C=O) groups excluding carboxylic acids is 2. The Kier molecular flexibility index (Phi) is 5.10. The Hall–Kier alpha value is -1.93. The van der Waals surface area contributed by atoms with Crippen molar-refractivity contribution in [3.8, 4) is 0 Å². The molecule has 25 heavy (non-hydrogen) atoms. The second-order valence-corrected chi connectivity index (χ2v) is 8.48. The van der Waals surface area contributed by atoms with Crippen LogP contribution in [0.4, 0.5) is 4.79 Å². The molecule has 0 unspecified atom stereocenters. The molecule has 0 bridgehead atoms. The van der Waals surface area contributed by atoms with E-state index < -0.39 is 15.6 Å². The summed E-state index contributed by atoms with van der Waals surface area (Å²) in [5.74, 6) is -0.248. The lowest BCUT2D eigenvalue weighted by Crippen LogP contribution is -2.44. The van der Waals surface area contributed by atoms with E-state index in [4.69, 9.17) is 0 Å². The highest BCUT2D eigenvalue weighted by molar-refractivity contribution is 7.88. The zero-order valence-corrected chi connectivity index (χ0v) is 14.8. The minimum atomic E-state index is -3.43. The first-order valence-corrected chi connectivity index (χ1v) is 10.2. The highest BCUT2D eigenvalue weighted by atomic mass is 32.2. The number of carbonyl (C=O) groups is 2. The molecule has 1 saturated heterocycles. The molecule has 0 radical (unpaired) electrons. The number of rotatable bonds is 7. The normalized spacial score (nSPS) is 19.6. The molecule has 1 aliphatic carbocycles. The largest absolute Gasteiger partial charge is 0.325 e. The van der Waals surface area contributed by atoms with Gasteiger partial charge >= 0.3 is 6.03 Å². The summed E-state index contributed by atoms with van der Waals surface area (Å²) in [6, 6.07) is 8.57. The van der Waals surface area contributed by atoms with Gasteiger partial charge in [0.15, 0.2) is 0 Å². The fraction of sp³-hybridized carbons (Fsp3) is 0.529. The third kappa shape index (κ3) is 4.01. The molecular weight excluding hydrogens is 342 g/mol. The lowest BCUT2D eigenvalue weighted by molar-refractivity contribution is -0.131. The monoisotopic (exact) mass is 365 g/mol. The second-order valence-electron chi connectivity index (χ2n) is 6.67. The number of sulfonamides is 1. The van der Waals surface area contributed by atoms with Gasteiger partial charge in [0, 0.05) is 13.1 Å². The minimum Gasteiger partial charge on any atom is -0.323 e. The first kappa shape index (κ1) is 17.9. The maximum absolute atomic E-state index is 12.5. The Morgan fingerprint density at radius 2 is 1.80 bits per heavy atom. The van der Waals surface area contributed by atoms with Gasteiger partial charge in [0.05, 0.1) is 5.75 Å². The zero-order valence-electron chi connectivity index (χ0n) is 14.0. The van der Waals surface area contributed by atoms with Crippen molar-refractivity contribution in [2.45, 2.75) is 43.4 Å². The second kappa shape index (κ2) is 7.13. The summed E-state index contributed by atoms with van der Waals surface area (Å²) in [7, 11) is -3.43. The molecule has 3 rings (SSSR count). The Bertz CT molecular complexity index is 742. The fourth-order valence-corrected chi connectivity index (χ4v) is 4.69. The summed E-state index contributed by atoms with van der Waals surface area (Å²) in [4.78, 5) is 25.7. The molecule has 2 N–H and O–H groups in total. The summed E-state index contributed by atoms with van der Waals surface area (Å²) in [6.45, 7) is 0.416. The quantitative estimate of drug-likeness (QED) is 0.563. The van der Waals surface area contributed by atoms with Crippen LogP contribution in [0, 0.1) is 0 Å². The summed E-state index contributed by atoms with van der Waals surface area (Å²) >= 11 is 0. The Balaban J connectivity index is 1.47. The molecule has 1 aromatic carbocycles. The van der Waals surface area contributed by atoms with Gasteiger partial charge in [-0.05, 0) is 24.8 Å². The molecule has 2 fully saturated rings. The van der Waals surface area contributed by atoms with Crippen LogP contribution >= 0.6 is 0 Å². The average molecular weight is 365 g/mol. The molecule has 0 aromatic heterocycles. The highest BCUT2D eigenvalue weighted by Crippen LogP contribution is 2.34. The van der Waals surface area contributed by atoms with Gasteiger partial charge in [0.2, 0.25) is 10.0 Å². The van der Waals surface area contributed by atoms with Crippen LogP contribution in [0.25, 0.3) is 0 Å². The lowest BCUT2D eigenvalue weighted by Gasteiger charge is -2.20. The van der Waals surface area contributed by atoms with E-state index in [0.29, 0.717) is 24.8 Å². The van der Waals surface area contributed by atoms with Crippen molar-refractivity contribution < 1.29 is 18.0 Å². The van der Waals surface area contributed by atoms with Crippen LogP contribution in [0.1, 0.15) is 37.7 Å². The molecule has 7 nitrogen and oxygen atoms in total. The number of nitrogens with one attached hydrogen (secondary N) is 2. The highest BCUT2D eigenvalue weighted by Gasteiger charge is 2.51. The van der Waals surface area contributed by atoms with Crippen molar-refractivity contribution in [3.05, 3.63) is 35.9 Å². The Morgan fingerprint density at radius 1 is 1.12 bits per heavy atom. The first-order valence-electron chi connectivity index (χ1n) is 8.57. The first-order chi connectivity index (χ1) is 11.9. The summed E-state index contributed by atoms with van der Waals surface area (Å²) in [5.41, 5.74) is 0.0106. The molecule has 1 heterocycles. The SMILES string of the molecule is O=C1NC2(CCCC2)C(=O)N1CCCNS(=O)(=O)Cc1ccccc1. The van der Waals surface area contributed by atoms with Crippen molar-refractivity contribution in [1.82, 2.24) is 14.9 Å². The van der Waals surface area contributed by atoms with Crippen molar-refractivity contribution in [2.75, 3.05) is 13.1 Å². The summed E-state index contributed by atoms with van der Waals surface area (Å²) < 4.78 is 26.6. The molecule has 1 saturated carbocycles. The van der Waals surface area contributed by atoms with Crippen LogP contribution < -0.4 is 10.0 Å². The number of hydrogen-bond donors (Lipinski definition) is 2. The number of nitrogens with zero attached hydrogens (tertiary/aromatic N) is 1. The summed E-state index contributed by atoms with van der Waals surface area (Å²) in [6.07, 6.45) is 3.66. The number of benzene rings is 1. The van der Waals surface area contributed by atoms with Gasteiger partial charge < -0.3 is 5.32 Å². The van der Waals surface area contributed by atoms with Gasteiger partial charge in [-0.3, -0.25) is 9.69 Å². The van der Waals surface area contributed by atoms with Gasteiger partial charge in [-0.1, -0.05) is 43.2 Å². The molecule has 1 aliphatic heterocycles. The Labute approximate surface area is 147 Å². The maximum atomic E-state index is 12.5. The van der Waals surface area contributed by atoms with E-state index in [-0.39, 0.29) is 30.8 Å². The predicted molar refractivity (Wildman–Crippen MR) is 93.1 cm³/mol. The molecule has 2 aliphatic rings. The number of urea groups is 1. The van der Waals surface area contributed by atoms with Crippen LogP contribution in [0.15, 0.2) is 30.3 Å². The van der Waals surface area contributed by atoms with Crippen molar-refractivity contribution >= 4 is 22.0 Å². The molecule has 0 atom stereocenters. The third-order valence-electron chi connectivity index (χ3n) is 4.78. The van der Waals surface area contributed by atoms with E-state index in [1.54, 1.807) is 24.3 Å². The number of amides is 3. The topological polar surface area (TPSA) is 95.6 Å². The van der Waals surface area contributed by atoms with Crippen LogP contribution in [0.3, 0.4) is 0 Å². The minimum absolute atomic E-state index is 0.0833. The molecular formula is C17H23N3O4S. The van der Waals surface area contributed by atoms with Gasteiger partial charge in [0.1, 0.15) is 5.54 Å². The van der Waals surface area contributed by atoms with E-state index in [0.717, 1.165) is 12.8 Å². The summed E-state index contributed by atoms with van der Waals surface area (Å²) in [5, 5.41) is 2.82. The van der Waals surface area contributed by atoms with Gasteiger partial charge in [0.25, 0.3) is 5.91 Å². The van der Waals surface area contributed by atoms with Crippen molar-refractivity contribution in [1.29, 1.82) is 0 Å². The van der Waals surface area contributed by atoms with E-state index in [1.165, 1.54) is 4.90 Å². The van der Waals surface area contributed by atoms with E-state index in [9.17, 15) is 18.0 Å². The van der Waals surface area contributed by atoms with Crippen molar-refractivity contribution in [2.24, 2.45) is 0 Å². The van der Waals surface area contributed by atoms with Gasteiger partial charge in [-0.15, -0.1) is 0 Å². The molecule has 136 valence electrons. The van der Waals surface area contributed by atoms with E-state index >= 15 is 0 Å². The molecule has 1 aromatic rings. The van der Waals surface area contributed by atoms with Crippen LogP contribution in [-0.2, 0) is 20.6 Å². The smallest absolute Gasteiger partial charge is 0.323 e. The molecule has 8 heteroatoms. The predicted octanol–water partition coefficient (Wildman–Crippen LogP) is 1.36. The van der Waals surface area contributed by atoms with Crippen LogP contribution in [0.2, 0.25) is 0 Å². The van der Waals surface area contributed by atoms with E-state index in [1.807, 2.05) is 6.07 Å². The average Bonchev–Trinajstić information content (AvgIpc) is 3.12. The molecule has 1 spiro atoms. The molecule has 3 amide bonds. The van der Waals surface area contributed by atoms with E-state index in [2.05, 4.69) is 10.0 Å². The van der Waals surface area contributed by atoms with Crippen molar-refractivity contribution in [3.63, 3.8) is 0 Å². The van der Waals surface area contributed by atoms with Crippen LogP contribution in [0.5, 0.6) is 0 Å². The third-order valence-corrected chi connectivity index (χ3v) is 6.14.